The third-order valence-corrected chi connectivity index (χ3v) is 4.30. The summed E-state index contributed by atoms with van der Waals surface area (Å²) in [5.74, 6) is 0.742. The Morgan fingerprint density at radius 2 is 1.81 bits per heavy atom. The molecule has 4 rings (SSSR count). The van der Waals surface area contributed by atoms with Gasteiger partial charge in [-0.05, 0) is 36.4 Å². The highest BCUT2D eigenvalue weighted by Crippen LogP contribution is 2.27. The van der Waals surface area contributed by atoms with Gasteiger partial charge in [0.25, 0.3) is 0 Å². The Balaban J connectivity index is 1.64. The molecule has 26 heavy (non-hydrogen) atoms. The maximum Gasteiger partial charge on any atom is 0.363 e. The van der Waals surface area contributed by atoms with Gasteiger partial charge in [0.05, 0.1) is 10.6 Å². The van der Waals surface area contributed by atoms with Crippen LogP contribution in [-0.2, 0) is 9.53 Å². The third kappa shape index (κ3) is 3.29. The predicted molar refractivity (Wildman–Crippen MR) is 101 cm³/mol. The number of halogens is 2. The molecule has 1 aliphatic rings. The zero-order valence-electron chi connectivity index (χ0n) is 13.3. The highest BCUT2D eigenvalue weighted by atomic mass is 35.5. The summed E-state index contributed by atoms with van der Waals surface area (Å²) in [5, 5.41) is 1.08. The molecule has 128 valence electrons. The first-order chi connectivity index (χ1) is 12.6. The zero-order chi connectivity index (χ0) is 18.1. The van der Waals surface area contributed by atoms with Crippen molar-refractivity contribution in [2.75, 3.05) is 0 Å². The van der Waals surface area contributed by atoms with Crippen molar-refractivity contribution in [2.24, 2.45) is 4.99 Å². The second kappa shape index (κ2) is 6.83. The summed E-state index contributed by atoms with van der Waals surface area (Å²) in [6, 6.07) is 17.9. The van der Waals surface area contributed by atoms with Gasteiger partial charge in [-0.15, -0.1) is 0 Å². The van der Waals surface area contributed by atoms with Gasteiger partial charge in [0.1, 0.15) is 11.5 Å². The number of furan rings is 1. The Hall–Kier alpha value is -2.82. The normalized spacial score (nSPS) is 15.2. The first kappa shape index (κ1) is 16.6. The number of carbonyl (C=O) groups excluding carboxylic acids is 1. The summed E-state index contributed by atoms with van der Waals surface area (Å²) in [5.41, 5.74) is 1.55. The van der Waals surface area contributed by atoms with E-state index in [-0.39, 0.29) is 11.6 Å². The largest absolute Gasteiger partial charge is 0.457 e. The van der Waals surface area contributed by atoms with Crippen molar-refractivity contribution in [1.29, 1.82) is 0 Å². The van der Waals surface area contributed by atoms with Crippen LogP contribution in [0.4, 0.5) is 0 Å². The standard InChI is InChI=1S/C20H11Cl2NO3/c21-13-5-3-4-12(10-13)18-9-8-14(25-18)11-17-20(24)26-19(23-17)15-6-1-2-7-16(15)22/h1-11H/b17-11-. The lowest BCUT2D eigenvalue weighted by Crippen LogP contribution is -2.05. The van der Waals surface area contributed by atoms with Crippen LogP contribution in [0.25, 0.3) is 17.4 Å². The Morgan fingerprint density at radius 3 is 2.62 bits per heavy atom. The number of rotatable bonds is 3. The molecular formula is C20H11Cl2NO3. The molecule has 3 aromatic rings. The fraction of sp³-hybridized carbons (Fsp3) is 0. The molecule has 0 radical (unpaired) electrons. The number of hydrogen-bond acceptors (Lipinski definition) is 4. The van der Waals surface area contributed by atoms with E-state index in [0.29, 0.717) is 27.1 Å². The summed E-state index contributed by atoms with van der Waals surface area (Å²) in [7, 11) is 0. The summed E-state index contributed by atoms with van der Waals surface area (Å²) in [6.45, 7) is 0. The molecule has 4 nitrogen and oxygen atoms in total. The van der Waals surface area contributed by atoms with Crippen molar-refractivity contribution in [3.63, 3.8) is 0 Å². The predicted octanol–water partition coefficient (Wildman–Crippen LogP) is 5.60. The van der Waals surface area contributed by atoms with E-state index in [4.69, 9.17) is 32.4 Å². The summed E-state index contributed by atoms with van der Waals surface area (Å²) in [6.07, 6.45) is 1.53. The Kier molecular flexibility index (Phi) is 4.37. The topological polar surface area (TPSA) is 51.8 Å². The number of nitrogens with zero attached hydrogens (tertiary/aromatic N) is 1. The number of hydrogen-bond donors (Lipinski definition) is 0. The van der Waals surface area contributed by atoms with Gasteiger partial charge in [0.2, 0.25) is 5.90 Å². The molecule has 1 aromatic heterocycles. The molecule has 0 atom stereocenters. The molecule has 0 saturated heterocycles. The number of aliphatic imine (C=N–C) groups is 1. The first-order valence-corrected chi connectivity index (χ1v) is 8.49. The van der Waals surface area contributed by atoms with Crippen LogP contribution in [-0.4, -0.2) is 11.9 Å². The van der Waals surface area contributed by atoms with Crippen molar-refractivity contribution in [3.05, 3.63) is 87.7 Å². The third-order valence-electron chi connectivity index (χ3n) is 3.74. The molecule has 0 amide bonds. The van der Waals surface area contributed by atoms with Gasteiger partial charge in [0, 0.05) is 16.7 Å². The van der Waals surface area contributed by atoms with Gasteiger partial charge in [0.15, 0.2) is 5.70 Å². The van der Waals surface area contributed by atoms with E-state index in [1.807, 2.05) is 12.1 Å². The van der Waals surface area contributed by atoms with E-state index < -0.39 is 5.97 Å². The molecule has 0 spiro atoms. The Morgan fingerprint density at radius 1 is 0.962 bits per heavy atom. The molecule has 2 heterocycles. The monoisotopic (exact) mass is 383 g/mol. The van der Waals surface area contributed by atoms with E-state index in [9.17, 15) is 4.79 Å². The van der Waals surface area contributed by atoms with Crippen LogP contribution in [0.1, 0.15) is 11.3 Å². The van der Waals surface area contributed by atoms with Crippen LogP contribution in [0.15, 0.2) is 75.8 Å². The Bertz CT molecular complexity index is 1070. The quantitative estimate of drug-likeness (QED) is 0.436. The highest BCUT2D eigenvalue weighted by Gasteiger charge is 2.25. The molecule has 0 unspecified atom stereocenters. The SMILES string of the molecule is O=C1OC(c2ccccc2Cl)=N/C1=C\c1ccc(-c2cccc(Cl)c2)o1. The van der Waals surface area contributed by atoms with Crippen molar-refractivity contribution in [1.82, 2.24) is 0 Å². The van der Waals surface area contributed by atoms with E-state index in [1.54, 1.807) is 48.5 Å². The highest BCUT2D eigenvalue weighted by molar-refractivity contribution is 6.34. The van der Waals surface area contributed by atoms with Crippen LogP contribution in [0.3, 0.4) is 0 Å². The number of esters is 1. The van der Waals surface area contributed by atoms with E-state index >= 15 is 0 Å². The second-order valence-electron chi connectivity index (χ2n) is 5.53. The van der Waals surface area contributed by atoms with Gasteiger partial charge < -0.3 is 9.15 Å². The molecular weight excluding hydrogens is 373 g/mol. The Labute approximate surface area is 159 Å². The molecule has 6 heteroatoms. The second-order valence-corrected chi connectivity index (χ2v) is 6.37. The van der Waals surface area contributed by atoms with E-state index in [1.165, 1.54) is 6.08 Å². The van der Waals surface area contributed by atoms with E-state index in [0.717, 1.165) is 5.56 Å². The van der Waals surface area contributed by atoms with Crippen LogP contribution in [0, 0.1) is 0 Å². The van der Waals surface area contributed by atoms with Gasteiger partial charge in [-0.1, -0.05) is 47.5 Å². The van der Waals surface area contributed by atoms with Crippen LogP contribution in [0.5, 0.6) is 0 Å². The molecule has 0 bridgehead atoms. The fourth-order valence-corrected chi connectivity index (χ4v) is 2.93. The average molecular weight is 384 g/mol. The minimum atomic E-state index is -0.555. The summed E-state index contributed by atoms with van der Waals surface area (Å²) >= 11 is 12.1. The molecule has 0 N–H and O–H groups in total. The van der Waals surface area contributed by atoms with Crippen LogP contribution >= 0.6 is 23.2 Å². The first-order valence-electron chi connectivity index (χ1n) is 7.73. The van der Waals surface area contributed by atoms with Gasteiger partial charge in [-0.25, -0.2) is 9.79 Å². The number of benzene rings is 2. The smallest absolute Gasteiger partial charge is 0.363 e. The van der Waals surface area contributed by atoms with E-state index in [2.05, 4.69) is 4.99 Å². The number of cyclic esters (lactones) is 1. The van der Waals surface area contributed by atoms with Crippen molar-refractivity contribution >= 4 is 41.1 Å². The molecule has 1 aliphatic heterocycles. The molecule has 0 aliphatic carbocycles. The van der Waals surface area contributed by atoms with Crippen molar-refractivity contribution in [2.45, 2.75) is 0 Å². The lowest BCUT2D eigenvalue weighted by atomic mass is 10.2. The lowest BCUT2D eigenvalue weighted by molar-refractivity contribution is -0.129. The lowest BCUT2D eigenvalue weighted by Gasteiger charge is -2.00. The molecule has 0 saturated carbocycles. The number of carbonyl (C=O) groups is 1. The summed E-state index contributed by atoms with van der Waals surface area (Å²) in [4.78, 5) is 16.3. The van der Waals surface area contributed by atoms with Gasteiger partial charge in [-0.2, -0.15) is 0 Å². The maximum atomic E-state index is 12.1. The van der Waals surface area contributed by atoms with Crippen LogP contribution in [0.2, 0.25) is 10.0 Å². The average Bonchev–Trinajstić information content (AvgIpc) is 3.23. The zero-order valence-corrected chi connectivity index (χ0v) is 14.8. The molecule has 0 fully saturated rings. The minimum Gasteiger partial charge on any atom is -0.457 e. The fourth-order valence-electron chi connectivity index (χ4n) is 2.52. The van der Waals surface area contributed by atoms with Crippen LogP contribution < -0.4 is 0 Å². The van der Waals surface area contributed by atoms with Gasteiger partial charge >= 0.3 is 5.97 Å². The maximum absolute atomic E-state index is 12.1. The van der Waals surface area contributed by atoms with Crippen molar-refractivity contribution < 1.29 is 13.9 Å². The van der Waals surface area contributed by atoms with Crippen molar-refractivity contribution in [3.8, 4) is 11.3 Å². The summed E-state index contributed by atoms with van der Waals surface area (Å²) < 4.78 is 11.0. The minimum absolute atomic E-state index is 0.145. The van der Waals surface area contributed by atoms with Gasteiger partial charge in [-0.3, -0.25) is 0 Å². The molecule has 2 aromatic carbocycles. The number of ether oxygens (including phenoxy) is 1.